The van der Waals surface area contributed by atoms with E-state index >= 15 is 0 Å². The zero-order valence-corrected chi connectivity index (χ0v) is 21.6. The number of halogens is 5. The summed E-state index contributed by atoms with van der Waals surface area (Å²) >= 11 is 0. The minimum absolute atomic E-state index is 0.0321. The van der Waals surface area contributed by atoms with Crippen LogP contribution in [-0.4, -0.2) is 37.8 Å². The fraction of sp³-hybridized carbons (Fsp3) is 0.333. The van der Waals surface area contributed by atoms with Gasteiger partial charge in [0, 0.05) is 37.5 Å². The Labute approximate surface area is 218 Å². The fourth-order valence-corrected chi connectivity index (χ4v) is 5.01. The molecule has 3 aromatic carbocycles. The molecule has 0 aromatic heterocycles. The highest BCUT2D eigenvalue weighted by Gasteiger charge is 2.30. The van der Waals surface area contributed by atoms with E-state index < -0.39 is 39.3 Å². The summed E-state index contributed by atoms with van der Waals surface area (Å²) in [6, 6.07) is 12.9. The molecule has 3 aromatic rings. The van der Waals surface area contributed by atoms with Crippen LogP contribution in [0.2, 0.25) is 0 Å². The molecule has 0 aliphatic heterocycles. The van der Waals surface area contributed by atoms with Gasteiger partial charge in [0.1, 0.15) is 17.4 Å². The number of alkyl halides is 3. The number of rotatable bonds is 11. The average molecular weight is 558 g/mol. The van der Waals surface area contributed by atoms with Crippen LogP contribution in [0.1, 0.15) is 41.7 Å². The summed E-state index contributed by atoms with van der Waals surface area (Å²) < 4.78 is 97.1. The number of aliphatic hydroxyl groups excluding tert-OH is 1. The molecule has 0 amide bonds. The smallest absolute Gasteiger partial charge is 0.416 e. The van der Waals surface area contributed by atoms with Crippen molar-refractivity contribution in [2.45, 2.75) is 43.6 Å². The molecule has 0 bridgehead atoms. The summed E-state index contributed by atoms with van der Waals surface area (Å²) in [5.41, 5.74) is 0.0973. The van der Waals surface area contributed by atoms with Gasteiger partial charge in [0.15, 0.2) is 9.84 Å². The van der Waals surface area contributed by atoms with E-state index in [1.54, 1.807) is 18.2 Å². The molecule has 1 N–H and O–H groups in total. The Balaban J connectivity index is 1.72. The summed E-state index contributed by atoms with van der Waals surface area (Å²) in [5, 5.41) is 9.80. The van der Waals surface area contributed by atoms with Gasteiger partial charge in [-0.2, -0.15) is 13.2 Å². The standard InChI is InChI=1S/C27H28F5NO4S/c1-18(34)26-24(29)14-23(15-25(26)38(2,35)36)37-12-4-11-33(16-19-7-9-22(28)10-8-19)17-20-5-3-6-21(13-20)27(30,31)32/h3,5-10,13-15,18,34H,4,11-12,16-17H2,1-2H3. The monoisotopic (exact) mass is 557 g/mol. The molecule has 3 rings (SSSR count). The van der Waals surface area contributed by atoms with Gasteiger partial charge in [-0.15, -0.1) is 0 Å². The maximum absolute atomic E-state index is 14.5. The molecule has 0 spiro atoms. The average Bonchev–Trinajstić information content (AvgIpc) is 2.81. The van der Waals surface area contributed by atoms with E-state index in [4.69, 9.17) is 4.74 Å². The summed E-state index contributed by atoms with van der Waals surface area (Å²) in [5.74, 6) is -1.36. The number of nitrogens with zero attached hydrogens (tertiary/aromatic N) is 1. The van der Waals surface area contributed by atoms with Crippen molar-refractivity contribution in [1.82, 2.24) is 4.90 Å². The molecule has 11 heteroatoms. The third-order valence-electron chi connectivity index (χ3n) is 5.75. The third-order valence-corrected chi connectivity index (χ3v) is 6.89. The fourth-order valence-electron chi connectivity index (χ4n) is 4.01. The summed E-state index contributed by atoms with van der Waals surface area (Å²) in [6.07, 6.45) is -4.55. The highest BCUT2D eigenvalue weighted by atomic mass is 32.2. The zero-order chi connectivity index (χ0) is 28.1. The Kier molecular flexibility index (Phi) is 9.50. The van der Waals surface area contributed by atoms with Gasteiger partial charge in [-0.05, 0) is 48.7 Å². The van der Waals surface area contributed by atoms with E-state index in [1.807, 2.05) is 4.90 Å². The first kappa shape index (κ1) is 29.5. The van der Waals surface area contributed by atoms with Crippen LogP contribution < -0.4 is 4.74 Å². The van der Waals surface area contributed by atoms with Crippen LogP contribution in [0.3, 0.4) is 0 Å². The molecular weight excluding hydrogens is 529 g/mol. The van der Waals surface area contributed by atoms with Crippen LogP contribution in [0.25, 0.3) is 0 Å². The quantitative estimate of drug-likeness (QED) is 0.235. The number of aliphatic hydroxyl groups is 1. The van der Waals surface area contributed by atoms with E-state index in [2.05, 4.69) is 0 Å². The predicted octanol–water partition coefficient (Wildman–Crippen LogP) is 5.91. The number of hydrogen-bond acceptors (Lipinski definition) is 5. The lowest BCUT2D eigenvalue weighted by Crippen LogP contribution is -2.25. The topological polar surface area (TPSA) is 66.8 Å². The lowest BCUT2D eigenvalue weighted by atomic mass is 10.1. The minimum Gasteiger partial charge on any atom is -0.493 e. The van der Waals surface area contributed by atoms with E-state index in [1.165, 1.54) is 25.1 Å². The second-order valence-electron chi connectivity index (χ2n) is 9.00. The SMILES string of the molecule is CC(O)c1c(F)cc(OCCCN(Cc2ccc(F)cc2)Cc2cccc(C(F)(F)F)c2)cc1S(C)(=O)=O. The van der Waals surface area contributed by atoms with E-state index in [9.17, 15) is 35.5 Å². The molecule has 38 heavy (non-hydrogen) atoms. The molecule has 0 aliphatic rings. The Bertz CT molecular complexity index is 1340. The van der Waals surface area contributed by atoms with Crippen LogP contribution in [0.15, 0.2) is 65.6 Å². The van der Waals surface area contributed by atoms with Crippen molar-refractivity contribution in [1.29, 1.82) is 0 Å². The maximum Gasteiger partial charge on any atom is 0.416 e. The van der Waals surface area contributed by atoms with Gasteiger partial charge in [-0.25, -0.2) is 17.2 Å². The summed E-state index contributed by atoms with van der Waals surface area (Å²) in [6.45, 7) is 2.18. The van der Waals surface area contributed by atoms with Crippen molar-refractivity contribution in [2.75, 3.05) is 19.4 Å². The van der Waals surface area contributed by atoms with Crippen molar-refractivity contribution < 1.29 is 40.2 Å². The lowest BCUT2D eigenvalue weighted by Gasteiger charge is -2.23. The first-order valence-corrected chi connectivity index (χ1v) is 13.6. The Morgan fingerprint density at radius 1 is 0.974 bits per heavy atom. The zero-order valence-electron chi connectivity index (χ0n) is 20.8. The van der Waals surface area contributed by atoms with Crippen LogP contribution in [0.5, 0.6) is 5.75 Å². The Hall–Kier alpha value is -3.02. The van der Waals surface area contributed by atoms with Gasteiger partial charge in [-0.1, -0.05) is 30.3 Å². The number of hydrogen-bond donors (Lipinski definition) is 1. The number of ether oxygens (including phenoxy) is 1. The largest absolute Gasteiger partial charge is 0.493 e. The minimum atomic E-state index is -4.48. The number of sulfone groups is 1. The van der Waals surface area contributed by atoms with Crippen molar-refractivity contribution in [3.63, 3.8) is 0 Å². The molecule has 0 saturated heterocycles. The van der Waals surface area contributed by atoms with Crippen molar-refractivity contribution in [2.24, 2.45) is 0 Å². The van der Waals surface area contributed by atoms with Crippen LogP contribution in [-0.2, 0) is 29.1 Å². The molecule has 0 saturated carbocycles. The molecule has 0 heterocycles. The van der Waals surface area contributed by atoms with Crippen molar-refractivity contribution in [3.8, 4) is 5.75 Å². The van der Waals surface area contributed by atoms with Crippen LogP contribution >= 0.6 is 0 Å². The van der Waals surface area contributed by atoms with E-state index in [0.717, 1.165) is 36.1 Å². The summed E-state index contributed by atoms with van der Waals surface area (Å²) in [7, 11) is -3.85. The van der Waals surface area contributed by atoms with Crippen LogP contribution in [0.4, 0.5) is 22.0 Å². The molecule has 1 unspecified atom stereocenters. The van der Waals surface area contributed by atoms with Crippen molar-refractivity contribution in [3.05, 3.63) is 94.6 Å². The van der Waals surface area contributed by atoms with E-state index in [0.29, 0.717) is 25.1 Å². The highest BCUT2D eigenvalue weighted by Crippen LogP contribution is 2.31. The molecule has 5 nitrogen and oxygen atoms in total. The highest BCUT2D eigenvalue weighted by molar-refractivity contribution is 7.90. The second-order valence-corrected chi connectivity index (χ2v) is 11.0. The van der Waals surface area contributed by atoms with Gasteiger partial charge in [-0.3, -0.25) is 4.90 Å². The van der Waals surface area contributed by atoms with Crippen LogP contribution in [0, 0.1) is 11.6 Å². The van der Waals surface area contributed by atoms with Gasteiger partial charge in [0.05, 0.1) is 23.2 Å². The Morgan fingerprint density at radius 2 is 1.63 bits per heavy atom. The molecule has 0 fully saturated rings. The molecule has 0 radical (unpaired) electrons. The van der Waals surface area contributed by atoms with Gasteiger partial charge < -0.3 is 9.84 Å². The maximum atomic E-state index is 14.5. The third kappa shape index (κ3) is 8.24. The Morgan fingerprint density at radius 3 is 2.24 bits per heavy atom. The van der Waals surface area contributed by atoms with Gasteiger partial charge in [0.25, 0.3) is 0 Å². The first-order valence-electron chi connectivity index (χ1n) is 11.7. The van der Waals surface area contributed by atoms with Gasteiger partial charge >= 0.3 is 6.18 Å². The molecule has 206 valence electrons. The first-order chi connectivity index (χ1) is 17.7. The van der Waals surface area contributed by atoms with Gasteiger partial charge in [0.2, 0.25) is 0 Å². The molecule has 0 aliphatic carbocycles. The van der Waals surface area contributed by atoms with Crippen molar-refractivity contribution >= 4 is 9.84 Å². The molecule has 1 atom stereocenters. The lowest BCUT2D eigenvalue weighted by molar-refractivity contribution is -0.137. The van der Waals surface area contributed by atoms with E-state index in [-0.39, 0.29) is 29.4 Å². The summed E-state index contributed by atoms with van der Waals surface area (Å²) in [4.78, 5) is 1.50. The predicted molar refractivity (Wildman–Crippen MR) is 132 cm³/mol. The second kappa shape index (κ2) is 12.2. The molecular formula is C27H28F5NO4S. The number of benzene rings is 3. The normalized spacial score (nSPS) is 13.1.